The topological polar surface area (TPSA) is 69.4 Å². The monoisotopic (exact) mass is 285 g/mol. The largest absolute Gasteiger partial charge is 0.493 e. The maximum Gasteiger partial charge on any atom is 0.155 e. The van der Waals surface area contributed by atoms with E-state index in [-0.39, 0.29) is 5.75 Å². The number of benzene rings is 1. The highest BCUT2D eigenvalue weighted by Gasteiger charge is 2.28. The fourth-order valence-electron chi connectivity index (χ4n) is 1.55. The number of hydrogen-bond donors (Lipinski definition) is 1. The maximum absolute atomic E-state index is 11.9. The van der Waals surface area contributed by atoms with E-state index in [1.54, 1.807) is 20.8 Å². The Hall–Kier alpha value is -1.07. The molecule has 0 aromatic heterocycles. The van der Waals surface area contributed by atoms with Crippen molar-refractivity contribution in [3.05, 3.63) is 29.8 Å². The molecule has 1 aromatic carbocycles. The molecule has 0 amide bonds. The van der Waals surface area contributed by atoms with Crippen molar-refractivity contribution in [1.82, 2.24) is 0 Å². The van der Waals surface area contributed by atoms with Gasteiger partial charge in [0.05, 0.1) is 17.1 Å². The third kappa shape index (κ3) is 4.51. The van der Waals surface area contributed by atoms with Gasteiger partial charge in [0, 0.05) is 12.1 Å². The molecule has 0 fully saturated rings. The van der Waals surface area contributed by atoms with Crippen molar-refractivity contribution in [3.63, 3.8) is 0 Å². The van der Waals surface area contributed by atoms with Crippen molar-refractivity contribution in [3.8, 4) is 5.75 Å². The molecule has 0 atom stereocenters. The fourth-order valence-corrected chi connectivity index (χ4v) is 2.66. The first-order chi connectivity index (χ1) is 8.78. The van der Waals surface area contributed by atoms with Crippen LogP contribution in [0.1, 0.15) is 32.8 Å². The molecule has 0 radical (unpaired) electrons. The van der Waals surface area contributed by atoms with Crippen molar-refractivity contribution in [1.29, 1.82) is 0 Å². The van der Waals surface area contributed by atoms with E-state index >= 15 is 0 Å². The molecule has 0 saturated heterocycles. The Balaban J connectivity index is 2.48. The van der Waals surface area contributed by atoms with E-state index in [9.17, 15) is 8.42 Å². The van der Waals surface area contributed by atoms with E-state index in [0.29, 0.717) is 19.6 Å². The van der Waals surface area contributed by atoms with Crippen LogP contribution in [0.3, 0.4) is 0 Å². The van der Waals surface area contributed by atoms with Gasteiger partial charge in [-0.3, -0.25) is 0 Å². The molecule has 2 N–H and O–H groups in total. The maximum atomic E-state index is 11.9. The average molecular weight is 285 g/mol. The molecule has 0 heterocycles. The zero-order chi connectivity index (χ0) is 14.5. The summed E-state index contributed by atoms with van der Waals surface area (Å²) in [6.45, 7) is 5.94. The minimum Gasteiger partial charge on any atom is -0.493 e. The standard InChI is InChI=1S/C14H23NO3S/c1-14(2,3)19(16,17)10-6-9-18-13-8-5-4-7-12(13)11-15/h4-5,7-8H,6,9-11,15H2,1-3H3. The van der Waals surface area contributed by atoms with Crippen LogP contribution in [0.15, 0.2) is 24.3 Å². The highest BCUT2D eigenvalue weighted by Crippen LogP contribution is 2.19. The number of para-hydroxylation sites is 1. The molecular formula is C14H23NO3S. The van der Waals surface area contributed by atoms with Crippen LogP contribution in [0.5, 0.6) is 5.75 Å². The second-order valence-electron chi connectivity index (χ2n) is 5.45. The minimum atomic E-state index is -3.07. The highest BCUT2D eigenvalue weighted by atomic mass is 32.2. The zero-order valence-corrected chi connectivity index (χ0v) is 12.7. The summed E-state index contributed by atoms with van der Waals surface area (Å²) in [4.78, 5) is 0. The van der Waals surface area contributed by atoms with Crippen LogP contribution in [0.4, 0.5) is 0 Å². The smallest absolute Gasteiger partial charge is 0.155 e. The Kier molecular flexibility index (Phi) is 5.38. The van der Waals surface area contributed by atoms with Gasteiger partial charge in [-0.1, -0.05) is 18.2 Å². The molecule has 0 aliphatic carbocycles. The lowest BCUT2D eigenvalue weighted by molar-refractivity contribution is 0.314. The summed E-state index contributed by atoms with van der Waals surface area (Å²) in [6, 6.07) is 7.53. The molecule has 1 aromatic rings. The molecule has 0 unspecified atom stereocenters. The van der Waals surface area contributed by atoms with Gasteiger partial charge in [0.1, 0.15) is 5.75 Å². The Morgan fingerprint density at radius 3 is 2.42 bits per heavy atom. The van der Waals surface area contributed by atoms with Gasteiger partial charge in [-0.15, -0.1) is 0 Å². The molecule has 0 spiro atoms. The van der Waals surface area contributed by atoms with E-state index in [1.165, 1.54) is 0 Å². The number of rotatable bonds is 6. The van der Waals surface area contributed by atoms with Crippen molar-refractivity contribution in [2.75, 3.05) is 12.4 Å². The summed E-state index contributed by atoms with van der Waals surface area (Å²) in [5.74, 6) is 0.875. The molecule has 1 rings (SSSR count). The van der Waals surface area contributed by atoms with Gasteiger partial charge in [0.25, 0.3) is 0 Å². The van der Waals surface area contributed by atoms with Gasteiger partial charge in [-0.05, 0) is 33.3 Å². The van der Waals surface area contributed by atoms with Crippen molar-refractivity contribution >= 4 is 9.84 Å². The molecule has 0 bridgehead atoms. The van der Waals surface area contributed by atoms with Crippen LogP contribution in [0, 0.1) is 0 Å². The molecule has 0 aliphatic heterocycles. The molecular weight excluding hydrogens is 262 g/mol. The lowest BCUT2D eigenvalue weighted by Crippen LogP contribution is -2.30. The molecule has 5 heteroatoms. The molecule has 0 saturated carbocycles. The van der Waals surface area contributed by atoms with Gasteiger partial charge < -0.3 is 10.5 Å². The first-order valence-corrected chi connectivity index (χ1v) is 8.06. The summed E-state index contributed by atoms with van der Waals surface area (Å²) in [5, 5.41) is 0. The van der Waals surface area contributed by atoms with Crippen LogP contribution in [0.2, 0.25) is 0 Å². The second-order valence-corrected chi connectivity index (χ2v) is 8.31. The lowest BCUT2D eigenvalue weighted by Gasteiger charge is -2.19. The van der Waals surface area contributed by atoms with E-state index < -0.39 is 14.6 Å². The second kappa shape index (κ2) is 6.39. The third-order valence-corrected chi connectivity index (χ3v) is 5.63. The normalized spacial score (nSPS) is 12.4. The fraction of sp³-hybridized carbons (Fsp3) is 0.571. The SMILES string of the molecule is CC(C)(C)S(=O)(=O)CCCOc1ccccc1CN. The van der Waals surface area contributed by atoms with Gasteiger partial charge in [-0.25, -0.2) is 8.42 Å². The van der Waals surface area contributed by atoms with Crippen LogP contribution in [-0.4, -0.2) is 25.5 Å². The molecule has 108 valence electrons. The number of nitrogens with two attached hydrogens (primary N) is 1. The lowest BCUT2D eigenvalue weighted by atomic mass is 10.2. The van der Waals surface area contributed by atoms with E-state index in [0.717, 1.165) is 11.3 Å². The van der Waals surface area contributed by atoms with Crippen LogP contribution in [0.25, 0.3) is 0 Å². The quantitative estimate of drug-likeness (QED) is 0.813. The average Bonchev–Trinajstić information content (AvgIpc) is 2.33. The van der Waals surface area contributed by atoms with Gasteiger partial charge >= 0.3 is 0 Å². The Labute approximate surface area is 115 Å². The Bertz CT molecular complexity index is 504. The summed E-state index contributed by atoms with van der Waals surface area (Å²) in [5.41, 5.74) is 6.54. The molecule has 0 aliphatic rings. The zero-order valence-electron chi connectivity index (χ0n) is 11.8. The van der Waals surface area contributed by atoms with Crippen molar-refractivity contribution in [2.24, 2.45) is 5.73 Å². The molecule has 4 nitrogen and oxygen atoms in total. The summed E-state index contributed by atoms with van der Waals surface area (Å²) in [6.07, 6.45) is 0.485. The summed E-state index contributed by atoms with van der Waals surface area (Å²) < 4.78 is 28.7. The molecule has 19 heavy (non-hydrogen) atoms. The van der Waals surface area contributed by atoms with Gasteiger partial charge in [0.2, 0.25) is 0 Å². The van der Waals surface area contributed by atoms with Crippen molar-refractivity contribution < 1.29 is 13.2 Å². The summed E-state index contributed by atoms with van der Waals surface area (Å²) >= 11 is 0. The highest BCUT2D eigenvalue weighted by molar-refractivity contribution is 7.92. The van der Waals surface area contributed by atoms with Crippen LogP contribution >= 0.6 is 0 Å². The predicted molar refractivity (Wildman–Crippen MR) is 78.0 cm³/mol. The van der Waals surface area contributed by atoms with Gasteiger partial charge in [-0.2, -0.15) is 0 Å². The van der Waals surface area contributed by atoms with Crippen LogP contribution < -0.4 is 10.5 Å². The summed E-state index contributed by atoms with van der Waals surface area (Å²) in [7, 11) is -3.07. The minimum absolute atomic E-state index is 0.140. The van der Waals surface area contributed by atoms with E-state index in [2.05, 4.69) is 0 Å². The Morgan fingerprint density at radius 2 is 1.84 bits per heavy atom. The van der Waals surface area contributed by atoms with Gasteiger partial charge in [0.15, 0.2) is 9.84 Å². The predicted octanol–water partition coefficient (Wildman–Crippen LogP) is 2.13. The number of ether oxygens (including phenoxy) is 1. The van der Waals surface area contributed by atoms with Crippen LogP contribution in [-0.2, 0) is 16.4 Å². The number of hydrogen-bond acceptors (Lipinski definition) is 4. The first kappa shape index (κ1) is 16.0. The third-order valence-electron chi connectivity index (χ3n) is 2.94. The van der Waals surface area contributed by atoms with E-state index in [4.69, 9.17) is 10.5 Å². The Morgan fingerprint density at radius 1 is 1.21 bits per heavy atom. The van der Waals surface area contributed by atoms with Crippen molar-refractivity contribution in [2.45, 2.75) is 38.5 Å². The number of sulfone groups is 1. The first-order valence-electron chi connectivity index (χ1n) is 6.41. The van der Waals surface area contributed by atoms with E-state index in [1.807, 2.05) is 24.3 Å².